The van der Waals surface area contributed by atoms with E-state index in [2.05, 4.69) is 33.8 Å². The van der Waals surface area contributed by atoms with Crippen molar-refractivity contribution in [1.82, 2.24) is 0 Å². The van der Waals surface area contributed by atoms with Crippen molar-refractivity contribution < 1.29 is 4.74 Å². The first-order valence-corrected chi connectivity index (χ1v) is 6.22. The van der Waals surface area contributed by atoms with Crippen molar-refractivity contribution in [3.05, 3.63) is 28.3 Å². The maximum absolute atomic E-state index is 6.02. The molecule has 3 heteroatoms. The van der Waals surface area contributed by atoms with Gasteiger partial charge in [-0.2, -0.15) is 0 Å². The van der Waals surface area contributed by atoms with Crippen molar-refractivity contribution in [3.63, 3.8) is 0 Å². The van der Waals surface area contributed by atoms with E-state index in [1.54, 1.807) is 0 Å². The third kappa shape index (κ3) is 2.99. The van der Waals surface area contributed by atoms with Gasteiger partial charge in [-0.15, -0.1) is 0 Å². The van der Waals surface area contributed by atoms with Gasteiger partial charge < -0.3 is 16.2 Å². The molecule has 1 unspecified atom stereocenters. The summed E-state index contributed by atoms with van der Waals surface area (Å²) in [7, 11) is 0. The number of rotatable bonds is 5. The molecular weight excluding hydrogens is 212 g/mol. The molecule has 1 aromatic rings. The van der Waals surface area contributed by atoms with E-state index in [9.17, 15) is 0 Å². The zero-order chi connectivity index (χ0) is 13.0. The molecule has 0 bridgehead atoms. The maximum Gasteiger partial charge on any atom is 0.125 e. The average Bonchev–Trinajstić information content (AvgIpc) is 2.32. The topological polar surface area (TPSA) is 61.3 Å². The largest absolute Gasteiger partial charge is 0.493 e. The van der Waals surface area contributed by atoms with Crippen molar-refractivity contribution >= 4 is 0 Å². The zero-order valence-corrected chi connectivity index (χ0v) is 11.3. The van der Waals surface area contributed by atoms with Gasteiger partial charge in [0.2, 0.25) is 0 Å². The van der Waals surface area contributed by atoms with E-state index in [4.69, 9.17) is 16.2 Å². The van der Waals surface area contributed by atoms with Crippen molar-refractivity contribution in [3.8, 4) is 5.75 Å². The van der Waals surface area contributed by atoms with Gasteiger partial charge in [-0.1, -0.05) is 13.0 Å². The number of aryl methyl sites for hydroxylation is 1. The summed E-state index contributed by atoms with van der Waals surface area (Å²) in [6.07, 6.45) is 1.02. The van der Waals surface area contributed by atoms with E-state index < -0.39 is 0 Å². The smallest absolute Gasteiger partial charge is 0.125 e. The molecule has 4 N–H and O–H groups in total. The van der Waals surface area contributed by atoms with Crippen LogP contribution in [-0.2, 0) is 0 Å². The Morgan fingerprint density at radius 3 is 2.41 bits per heavy atom. The fraction of sp³-hybridized carbons (Fsp3) is 0.571. The molecule has 1 aromatic carbocycles. The molecular formula is C14H24N2O. The molecule has 0 amide bonds. The van der Waals surface area contributed by atoms with E-state index in [1.807, 2.05) is 0 Å². The van der Waals surface area contributed by atoms with Crippen LogP contribution in [0.1, 0.15) is 41.6 Å². The summed E-state index contributed by atoms with van der Waals surface area (Å²) in [5, 5.41) is 0. The van der Waals surface area contributed by atoms with Gasteiger partial charge in [0.05, 0.1) is 6.61 Å². The third-order valence-electron chi connectivity index (χ3n) is 3.17. The highest BCUT2D eigenvalue weighted by molar-refractivity contribution is 5.50. The number of nitrogens with two attached hydrogens (primary N) is 2. The summed E-state index contributed by atoms with van der Waals surface area (Å²) in [6, 6.07) is 2.01. The Bertz CT molecular complexity index is 388. The zero-order valence-electron chi connectivity index (χ0n) is 11.3. The highest BCUT2D eigenvalue weighted by Gasteiger charge is 2.14. The van der Waals surface area contributed by atoms with Crippen LogP contribution in [0.4, 0.5) is 0 Å². The van der Waals surface area contributed by atoms with Crippen LogP contribution in [0.25, 0.3) is 0 Å². The van der Waals surface area contributed by atoms with Crippen LogP contribution in [0.15, 0.2) is 6.07 Å². The minimum absolute atomic E-state index is 0.0902. The molecule has 0 aromatic heterocycles. The first kappa shape index (κ1) is 14.0. The molecule has 1 rings (SSSR count). The van der Waals surface area contributed by atoms with Gasteiger partial charge in [0.15, 0.2) is 0 Å². The minimum Gasteiger partial charge on any atom is -0.493 e. The third-order valence-corrected chi connectivity index (χ3v) is 3.17. The molecule has 3 nitrogen and oxygen atoms in total. The average molecular weight is 236 g/mol. The van der Waals surface area contributed by atoms with Gasteiger partial charge in [-0.3, -0.25) is 0 Å². The lowest BCUT2D eigenvalue weighted by Gasteiger charge is -2.20. The maximum atomic E-state index is 6.02. The number of ether oxygens (including phenoxy) is 1. The van der Waals surface area contributed by atoms with Gasteiger partial charge in [0.25, 0.3) is 0 Å². The van der Waals surface area contributed by atoms with Crippen LogP contribution in [0.2, 0.25) is 0 Å². The normalized spacial score (nSPS) is 12.6. The van der Waals surface area contributed by atoms with Crippen molar-refractivity contribution in [2.24, 2.45) is 11.5 Å². The highest BCUT2D eigenvalue weighted by Crippen LogP contribution is 2.31. The molecule has 1 atom stereocenters. The molecule has 0 fully saturated rings. The van der Waals surface area contributed by atoms with E-state index in [-0.39, 0.29) is 6.04 Å². The molecule has 0 saturated carbocycles. The van der Waals surface area contributed by atoms with E-state index in [0.29, 0.717) is 6.54 Å². The van der Waals surface area contributed by atoms with E-state index in [1.165, 1.54) is 11.1 Å². The fourth-order valence-corrected chi connectivity index (χ4v) is 2.03. The second-order valence-corrected chi connectivity index (χ2v) is 4.55. The predicted octanol–water partition coefficient (Wildman–Crippen LogP) is 2.36. The first-order valence-electron chi connectivity index (χ1n) is 6.22. The Hall–Kier alpha value is -1.06. The second-order valence-electron chi connectivity index (χ2n) is 4.55. The monoisotopic (exact) mass is 236 g/mol. The Morgan fingerprint density at radius 2 is 1.88 bits per heavy atom. The molecule has 0 radical (unpaired) electrons. The lowest BCUT2D eigenvalue weighted by molar-refractivity contribution is 0.313. The fourth-order valence-electron chi connectivity index (χ4n) is 2.03. The number of hydrogen-bond donors (Lipinski definition) is 2. The Balaban J connectivity index is 3.17. The Labute approximate surface area is 104 Å². The van der Waals surface area contributed by atoms with Crippen molar-refractivity contribution in [2.75, 3.05) is 13.2 Å². The quantitative estimate of drug-likeness (QED) is 0.825. The molecule has 0 heterocycles. The van der Waals surface area contributed by atoms with Gasteiger partial charge in [-0.25, -0.2) is 0 Å². The number of hydrogen-bond acceptors (Lipinski definition) is 3. The van der Waals surface area contributed by atoms with E-state index in [0.717, 1.165) is 29.9 Å². The molecule has 96 valence electrons. The van der Waals surface area contributed by atoms with E-state index >= 15 is 0 Å². The minimum atomic E-state index is -0.0902. The van der Waals surface area contributed by atoms with Crippen molar-refractivity contribution in [2.45, 2.75) is 40.2 Å². The standard InChI is InChI=1S/C14H24N2O/c1-5-6-17-14-9(2)7-12(13(16)8-15)10(3)11(14)4/h7,13H,5-6,8,15-16H2,1-4H3. The summed E-state index contributed by atoms with van der Waals surface area (Å²) >= 11 is 0. The van der Waals surface area contributed by atoms with Gasteiger partial charge in [-0.05, 0) is 49.4 Å². The molecule has 0 aliphatic heterocycles. The SMILES string of the molecule is CCCOc1c(C)cc(C(N)CN)c(C)c1C. The van der Waals surface area contributed by atoms with Gasteiger partial charge in [0.1, 0.15) is 5.75 Å². The lowest BCUT2D eigenvalue weighted by Crippen LogP contribution is -2.22. The van der Waals surface area contributed by atoms with Crippen LogP contribution in [0.5, 0.6) is 5.75 Å². The van der Waals surface area contributed by atoms with Crippen molar-refractivity contribution in [1.29, 1.82) is 0 Å². The van der Waals surface area contributed by atoms with Gasteiger partial charge in [0, 0.05) is 12.6 Å². The highest BCUT2D eigenvalue weighted by atomic mass is 16.5. The Morgan fingerprint density at radius 1 is 1.24 bits per heavy atom. The molecule has 17 heavy (non-hydrogen) atoms. The first-order chi connectivity index (χ1) is 8.02. The lowest BCUT2D eigenvalue weighted by atomic mass is 9.94. The summed E-state index contributed by atoms with van der Waals surface area (Å²) in [5.74, 6) is 0.998. The summed E-state index contributed by atoms with van der Waals surface area (Å²) in [4.78, 5) is 0. The van der Waals surface area contributed by atoms with Crippen LogP contribution in [0.3, 0.4) is 0 Å². The summed E-state index contributed by atoms with van der Waals surface area (Å²) in [5.41, 5.74) is 16.3. The summed E-state index contributed by atoms with van der Waals surface area (Å²) in [6.45, 7) is 9.55. The number of benzene rings is 1. The van der Waals surface area contributed by atoms with Gasteiger partial charge >= 0.3 is 0 Å². The van der Waals surface area contributed by atoms with Crippen LogP contribution in [-0.4, -0.2) is 13.2 Å². The Kier molecular flexibility index (Phi) is 4.97. The molecule has 0 spiro atoms. The molecule has 0 aliphatic rings. The van der Waals surface area contributed by atoms with Crippen LogP contribution >= 0.6 is 0 Å². The molecule has 0 aliphatic carbocycles. The summed E-state index contributed by atoms with van der Waals surface area (Å²) < 4.78 is 5.79. The predicted molar refractivity (Wildman–Crippen MR) is 72.4 cm³/mol. The second kappa shape index (κ2) is 6.03. The molecule has 0 saturated heterocycles. The van der Waals surface area contributed by atoms with Crippen LogP contribution < -0.4 is 16.2 Å². The van der Waals surface area contributed by atoms with Crippen LogP contribution in [0, 0.1) is 20.8 Å².